The number of ether oxygens (including phenoxy) is 1. The van der Waals surface area contributed by atoms with E-state index in [2.05, 4.69) is 12.2 Å². The van der Waals surface area contributed by atoms with Crippen molar-refractivity contribution in [3.8, 4) is 0 Å². The number of nitrogens with zero attached hydrogens (tertiary/aromatic N) is 1. The summed E-state index contributed by atoms with van der Waals surface area (Å²) in [5.41, 5.74) is 0.979. The molecule has 1 amide bonds. The van der Waals surface area contributed by atoms with Crippen LogP contribution in [0.3, 0.4) is 0 Å². The summed E-state index contributed by atoms with van der Waals surface area (Å²) in [5, 5.41) is 3.91. The lowest BCUT2D eigenvalue weighted by Gasteiger charge is -2.30. The van der Waals surface area contributed by atoms with Gasteiger partial charge in [0.05, 0.1) is 6.61 Å². The zero-order valence-electron chi connectivity index (χ0n) is 12.9. The van der Waals surface area contributed by atoms with Crippen LogP contribution < -0.4 is 5.32 Å². The van der Waals surface area contributed by atoms with Gasteiger partial charge in [0, 0.05) is 31.2 Å². The van der Waals surface area contributed by atoms with E-state index in [-0.39, 0.29) is 24.4 Å². The predicted molar refractivity (Wildman–Crippen MR) is 91.6 cm³/mol. The van der Waals surface area contributed by atoms with E-state index in [0.717, 1.165) is 31.5 Å². The first-order chi connectivity index (χ1) is 10.2. The highest BCUT2D eigenvalue weighted by atomic mass is 35.5. The fourth-order valence-electron chi connectivity index (χ4n) is 2.38. The molecule has 1 unspecified atom stereocenters. The minimum atomic E-state index is -0.377. The number of hydrogen-bond donors (Lipinski definition) is 1. The molecule has 1 saturated heterocycles. The molecule has 0 bridgehead atoms. The van der Waals surface area contributed by atoms with Crippen molar-refractivity contribution < 1.29 is 9.53 Å². The Morgan fingerprint density at radius 1 is 1.45 bits per heavy atom. The van der Waals surface area contributed by atoms with E-state index < -0.39 is 0 Å². The number of carbonyl (C=O) groups excluding carboxylic acids is 1. The lowest BCUT2D eigenvalue weighted by Crippen LogP contribution is -2.49. The van der Waals surface area contributed by atoms with Crippen LogP contribution in [0.5, 0.6) is 0 Å². The molecule has 1 aliphatic rings. The number of amides is 1. The molecule has 1 N–H and O–H groups in total. The van der Waals surface area contributed by atoms with Crippen LogP contribution in [-0.4, -0.2) is 43.2 Å². The zero-order valence-corrected chi connectivity index (χ0v) is 14.5. The highest BCUT2D eigenvalue weighted by Crippen LogP contribution is 2.18. The highest BCUT2D eigenvalue weighted by Gasteiger charge is 2.26. The molecule has 0 aromatic heterocycles. The van der Waals surface area contributed by atoms with Gasteiger partial charge in [-0.2, -0.15) is 0 Å². The van der Waals surface area contributed by atoms with Crippen molar-refractivity contribution in [2.45, 2.75) is 32.4 Å². The van der Waals surface area contributed by atoms with Gasteiger partial charge in [-0.1, -0.05) is 43.1 Å². The molecular formula is C16H24Cl2N2O2. The van der Waals surface area contributed by atoms with Gasteiger partial charge in [0.25, 0.3) is 5.91 Å². The number of benzene rings is 1. The second-order valence-electron chi connectivity index (χ2n) is 5.27. The Balaban J connectivity index is 0.00000242. The Labute approximate surface area is 143 Å². The average molecular weight is 347 g/mol. The second-order valence-corrected chi connectivity index (χ2v) is 5.68. The molecule has 1 heterocycles. The lowest BCUT2D eigenvalue weighted by atomic mass is 10.1. The normalized spacial score (nSPS) is 17.6. The average Bonchev–Trinajstić information content (AvgIpc) is 2.53. The maximum absolute atomic E-state index is 12.6. The molecule has 0 saturated carbocycles. The summed E-state index contributed by atoms with van der Waals surface area (Å²) in [4.78, 5) is 14.5. The largest absolute Gasteiger partial charge is 0.366 e. The molecule has 0 aliphatic carbocycles. The maximum Gasteiger partial charge on any atom is 0.253 e. The van der Waals surface area contributed by atoms with Crippen LogP contribution in [0.15, 0.2) is 24.3 Å². The lowest BCUT2D eigenvalue weighted by molar-refractivity contribution is -0.146. The molecule has 1 aliphatic heterocycles. The Kier molecular flexibility index (Phi) is 8.79. The Bertz CT molecular complexity index is 465. The van der Waals surface area contributed by atoms with Gasteiger partial charge in [0.2, 0.25) is 0 Å². The molecule has 0 spiro atoms. The van der Waals surface area contributed by atoms with Crippen molar-refractivity contribution in [3.05, 3.63) is 34.9 Å². The van der Waals surface area contributed by atoms with E-state index >= 15 is 0 Å². The van der Waals surface area contributed by atoms with Gasteiger partial charge >= 0.3 is 0 Å². The molecule has 0 radical (unpaired) electrons. The highest BCUT2D eigenvalue weighted by molar-refractivity contribution is 6.31. The summed E-state index contributed by atoms with van der Waals surface area (Å²) in [5.74, 6) is 0.0515. The number of hydrogen-bond acceptors (Lipinski definition) is 3. The van der Waals surface area contributed by atoms with Gasteiger partial charge in [0.15, 0.2) is 0 Å². The van der Waals surface area contributed by atoms with Crippen molar-refractivity contribution in [1.82, 2.24) is 10.2 Å². The fraction of sp³-hybridized carbons (Fsp3) is 0.562. The number of morpholine rings is 1. The van der Waals surface area contributed by atoms with Crippen molar-refractivity contribution in [2.24, 2.45) is 0 Å². The van der Waals surface area contributed by atoms with E-state index in [1.165, 1.54) is 0 Å². The maximum atomic E-state index is 12.6. The molecule has 22 heavy (non-hydrogen) atoms. The molecule has 124 valence electrons. The van der Waals surface area contributed by atoms with E-state index in [0.29, 0.717) is 24.7 Å². The Morgan fingerprint density at radius 2 is 2.23 bits per heavy atom. The second kappa shape index (κ2) is 10.1. The number of halogens is 2. The smallest absolute Gasteiger partial charge is 0.253 e. The topological polar surface area (TPSA) is 41.6 Å². The Morgan fingerprint density at radius 3 is 2.86 bits per heavy atom. The molecule has 1 fully saturated rings. The van der Waals surface area contributed by atoms with E-state index in [9.17, 15) is 4.79 Å². The van der Waals surface area contributed by atoms with Crippen LogP contribution in [0.4, 0.5) is 0 Å². The van der Waals surface area contributed by atoms with E-state index in [4.69, 9.17) is 16.3 Å². The van der Waals surface area contributed by atoms with Crippen LogP contribution in [0.25, 0.3) is 0 Å². The molecular weight excluding hydrogens is 323 g/mol. The van der Waals surface area contributed by atoms with Crippen LogP contribution in [-0.2, 0) is 16.1 Å². The minimum Gasteiger partial charge on any atom is -0.366 e. The van der Waals surface area contributed by atoms with Crippen molar-refractivity contribution in [2.75, 3.05) is 26.2 Å². The summed E-state index contributed by atoms with van der Waals surface area (Å²) in [6, 6.07) is 7.67. The minimum absolute atomic E-state index is 0. The molecule has 1 aromatic carbocycles. The van der Waals surface area contributed by atoms with Crippen LogP contribution in [0.1, 0.15) is 25.3 Å². The summed E-state index contributed by atoms with van der Waals surface area (Å²) < 4.78 is 5.58. The van der Waals surface area contributed by atoms with E-state index in [1.807, 2.05) is 29.2 Å². The quantitative estimate of drug-likeness (QED) is 0.860. The van der Waals surface area contributed by atoms with Crippen LogP contribution >= 0.6 is 24.0 Å². The van der Waals surface area contributed by atoms with Gasteiger partial charge < -0.3 is 15.0 Å². The number of unbranched alkanes of at least 4 members (excludes halogenated alkanes) is 1. The van der Waals surface area contributed by atoms with Crippen molar-refractivity contribution in [3.63, 3.8) is 0 Å². The van der Waals surface area contributed by atoms with Crippen molar-refractivity contribution in [1.29, 1.82) is 0 Å². The number of nitrogens with one attached hydrogen (secondary N) is 1. The van der Waals surface area contributed by atoms with E-state index in [1.54, 1.807) is 0 Å². The fourth-order valence-corrected chi connectivity index (χ4v) is 2.57. The third-order valence-corrected chi connectivity index (χ3v) is 3.98. The van der Waals surface area contributed by atoms with Gasteiger partial charge in [0.1, 0.15) is 6.10 Å². The standard InChI is InChI=1S/C16H23ClN2O2.ClH/c1-2-3-9-19(12-13-6-4-5-7-14(13)17)16(20)15-11-18-8-10-21-15;/h4-7,15,18H,2-3,8-12H2,1H3;1H. The SMILES string of the molecule is CCCCN(Cc1ccccc1Cl)C(=O)C1CNCCO1.Cl. The molecule has 2 rings (SSSR count). The zero-order chi connectivity index (χ0) is 15.1. The first-order valence-electron chi connectivity index (χ1n) is 7.57. The molecule has 1 aromatic rings. The van der Waals surface area contributed by atoms with Gasteiger partial charge in [-0.05, 0) is 18.1 Å². The van der Waals surface area contributed by atoms with Crippen LogP contribution in [0, 0.1) is 0 Å². The predicted octanol–water partition coefficient (Wildman–Crippen LogP) is 2.88. The Hall–Kier alpha value is -0.810. The van der Waals surface area contributed by atoms with Gasteiger partial charge in [-0.25, -0.2) is 0 Å². The summed E-state index contributed by atoms with van der Waals surface area (Å²) in [6.07, 6.45) is 1.66. The first-order valence-corrected chi connectivity index (χ1v) is 7.94. The monoisotopic (exact) mass is 346 g/mol. The van der Waals surface area contributed by atoms with Gasteiger partial charge in [-0.3, -0.25) is 4.79 Å². The van der Waals surface area contributed by atoms with Crippen LogP contribution in [0.2, 0.25) is 5.02 Å². The van der Waals surface area contributed by atoms with Crippen molar-refractivity contribution >= 4 is 29.9 Å². The number of rotatable bonds is 6. The summed E-state index contributed by atoms with van der Waals surface area (Å²) >= 11 is 6.21. The summed E-state index contributed by atoms with van der Waals surface area (Å²) in [6.45, 7) is 5.38. The number of carbonyl (C=O) groups is 1. The first kappa shape index (κ1) is 19.2. The molecule has 6 heteroatoms. The summed E-state index contributed by atoms with van der Waals surface area (Å²) in [7, 11) is 0. The third kappa shape index (κ3) is 5.43. The third-order valence-electron chi connectivity index (χ3n) is 3.62. The molecule has 1 atom stereocenters. The van der Waals surface area contributed by atoms with Gasteiger partial charge in [-0.15, -0.1) is 12.4 Å². The molecule has 4 nitrogen and oxygen atoms in total.